The van der Waals surface area contributed by atoms with Crippen LogP contribution in [0.1, 0.15) is 59.4 Å². The number of nitrogens with one attached hydrogen (secondary N) is 1. The van der Waals surface area contributed by atoms with Crippen LogP contribution in [-0.4, -0.2) is 28.3 Å². The first-order valence-electron chi connectivity index (χ1n) is 9.79. The lowest BCUT2D eigenvalue weighted by molar-refractivity contribution is 0.0914. The zero-order chi connectivity index (χ0) is 19.4. The standard InChI is InChI=1S/C21H29ClN4O/c1-14-20(21(27)24-19(12-23)16-8-4-3-5-9-16)15(2)26(25-14)13-17-10-6-7-11-18(17)22/h6-7,10-11,16,19H,3-5,8-9,12-13,23H2,1-2H3,(H,24,27). The summed E-state index contributed by atoms with van der Waals surface area (Å²) in [5.41, 5.74) is 9.20. The number of halogens is 1. The lowest BCUT2D eigenvalue weighted by Crippen LogP contribution is -2.46. The molecule has 0 aliphatic heterocycles. The lowest BCUT2D eigenvalue weighted by atomic mass is 9.84. The van der Waals surface area contributed by atoms with E-state index in [-0.39, 0.29) is 11.9 Å². The minimum absolute atomic E-state index is 0.0310. The van der Waals surface area contributed by atoms with Gasteiger partial charge in [-0.2, -0.15) is 5.10 Å². The van der Waals surface area contributed by atoms with Gasteiger partial charge in [0.1, 0.15) is 0 Å². The third-order valence-electron chi connectivity index (χ3n) is 5.68. The van der Waals surface area contributed by atoms with Crippen LogP contribution >= 0.6 is 11.6 Å². The molecule has 1 aromatic carbocycles. The number of aryl methyl sites for hydroxylation is 1. The third kappa shape index (κ3) is 4.53. The van der Waals surface area contributed by atoms with Gasteiger partial charge in [0.05, 0.1) is 17.8 Å². The quantitative estimate of drug-likeness (QED) is 0.789. The summed E-state index contributed by atoms with van der Waals surface area (Å²) in [7, 11) is 0. The fraction of sp³-hybridized carbons (Fsp3) is 0.524. The molecule has 0 radical (unpaired) electrons. The normalized spacial score (nSPS) is 16.3. The number of carbonyl (C=O) groups is 1. The highest BCUT2D eigenvalue weighted by molar-refractivity contribution is 6.31. The van der Waals surface area contributed by atoms with Crippen LogP contribution in [-0.2, 0) is 6.54 Å². The number of benzene rings is 1. The van der Waals surface area contributed by atoms with Crippen LogP contribution in [0, 0.1) is 19.8 Å². The van der Waals surface area contributed by atoms with E-state index in [1.165, 1.54) is 19.3 Å². The summed E-state index contributed by atoms with van der Waals surface area (Å²) in [6.45, 7) is 4.83. The maximum Gasteiger partial charge on any atom is 0.255 e. The molecule has 1 aromatic heterocycles. The molecule has 0 bridgehead atoms. The molecule has 1 atom stereocenters. The van der Waals surface area contributed by atoms with Crippen LogP contribution < -0.4 is 11.1 Å². The van der Waals surface area contributed by atoms with Gasteiger partial charge in [-0.05, 0) is 44.2 Å². The highest BCUT2D eigenvalue weighted by Gasteiger charge is 2.27. The Kier molecular flexibility index (Phi) is 6.55. The molecule has 1 heterocycles. The van der Waals surface area contributed by atoms with Crippen molar-refractivity contribution < 1.29 is 4.79 Å². The third-order valence-corrected chi connectivity index (χ3v) is 6.04. The van der Waals surface area contributed by atoms with Crippen molar-refractivity contribution in [3.05, 3.63) is 51.8 Å². The van der Waals surface area contributed by atoms with Gasteiger partial charge in [0.25, 0.3) is 5.91 Å². The SMILES string of the molecule is Cc1nn(Cc2ccccc2Cl)c(C)c1C(=O)NC(CN)C1CCCCC1. The van der Waals surface area contributed by atoms with Crippen LogP contribution in [0.2, 0.25) is 5.02 Å². The number of amides is 1. The van der Waals surface area contributed by atoms with Gasteiger partial charge in [-0.15, -0.1) is 0 Å². The van der Waals surface area contributed by atoms with E-state index in [2.05, 4.69) is 10.4 Å². The van der Waals surface area contributed by atoms with Crippen molar-refractivity contribution in [3.8, 4) is 0 Å². The molecule has 6 heteroatoms. The van der Waals surface area contributed by atoms with Gasteiger partial charge < -0.3 is 11.1 Å². The number of aromatic nitrogens is 2. The van der Waals surface area contributed by atoms with E-state index >= 15 is 0 Å². The molecular weight excluding hydrogens is 360 g/mol. The van der Waals surface area contributed by atoms with E-state index in [4.69, 9.17) is 17.3 Å². The summed E-state index contributed by atoms with van der Waals surface area (Å²) < 4.78 is 1.85. The van der Waals surface area contributed by atoms with Crippen LogP contribution in [0.25, 0.3) is 0 Å². The Balaban J connectivity index is 1.76. The molecular formula is C21H29ClN4O. The van der Waals surface area contributed by atoms with E-state index < -0.39 is 0 Å². The highest BCUT2D eigenvalue weighted by Crippen LogP contribution is 2.27. The zero-order valence-corrected chi connectivity index (χ0v) is 16.9. The molecule has 0 saturated heterocycles. The largest absolute Gasteiger partial charge is 0.348 e. The van der Waals surface area contributed by atoms with Crippen molar-refractivity contribution >= 4 is 17.5 Å². The lowest BCUT2D eigenvalue weighted by Gasteiger charge is -2.30. The Bertz CT molecular complexity index is 795. The van der Waals surface area contributed by atoms with E-state index in [1.807, 2.05) is 42.8 Å². The Morgan fingerprint density at radius 1 is 1.30 bits per heavy atom. The maximum absolute atomic E-state index is 13.0. The average Bonchev–Trinajstić information content (AvgIpc) is 2.95. The molecule has 1 amide bonds. The van der Waals surface area contributed by atoms with Crippen molar-refractivity contribution in [2.24, 2.45) is 11.7 Å². The first-order valence-corrected chi connectivity index (χ1v) is 10.2. The van der Waals surface area contributed by atoms with Gasteiger partial charge >= 0.3 is 0 Å². The molecule has 27 heavy (non-hydrogen) atoms. The molecule has 3 rings (SSSR count). The second-order valence-electron chi connectivity index (χ2n) is 7.51. The fourth-order valence-electron chi connectivity index (χ4n) is 4.11. The zero-order valence-electron chi connectivity index (χ0n) is 16.2. The van der Waals surface area contributed by atoms with Crippen molar-refractivity contribution in [1.82, 2.24) is 15.1 Å². The Morgan fingerprint density at radius 2 is 2.00 bits per heavy atom. The van der Waals surface area contributed by atoms with Gasteiger partial charge in [-0.25, -0.2) is 0 Å². The number of rotatable bonds is 6. The molecule has 3 N–H and O–H groups in total. The summed E-state index contributed by atoms with van der Waals surface area (Å²) in [6, 6.07) is 7.74. The van der Waals surface area contributed by atoms with Crippen LogP contribution in [0.5, 0.6) is 0 Å². The van der Waals surface area contributed by atoms with E-state index in [0.717, 1.165) is 29.8 Å². The van der Waals surface area contributed by atoms with Crippen molar-refractivity contribution in [2.75, 3.05) is 6.54 Å². The van der Waals surface area contributed by atoms with Gasteiger partial charge in [-0.1, -0.05) is 49.1 Å². The molecule has 146 valence electrons. The highest BCUT2D eigenvalue weighted by atomic mass is 35.5. The second kappa shape index (κ2) is 8.89. The van der Waals surface area contributed by atoms with Gasteiger partial charge in [0.2, 0.25) is 0 Å². The predicted molar refractivity (Wildman–Crippen MR) is 109 cm³/mol. The molecule has 1 unspecified atom stereocenters. The molecule has 5 nitrogen and oxygen atoms in total. The van der Waals surface area contributed by atoms with E-state index in [0.29, 0.717) is 29.6 Å². The van der Waals surface area contributed by atoms with Crippen LogP contribution in [0.3, 0.4) is 0 Å². The monoisotopic (exact) mass is 388 g/mol. The Morgan fingerprint density at radius 3 is 2.67 bits per heavy atom. The fourth-order valence-corrected chi connectivity index (χ4v) is 4.31. The smallest absolute Gasteiger partial charge is 0.255 e. The summed E-state index contributed by atoms with van der Waals surface area (Å²) in [5.74, 6) is 0.405. The molecule has 1 saturated carbocycles. The molecule has 0 spiro atoms. The molecule has 1 fully saturated rings. The first-order chi connectivity index (χ1) is 13.0. The van der Waals surface area contributed by atoms with Gasteiger partial charge in [-0.3, -0.25) is 9.48 Å². The molecule has 1 aliphatic rings. The minimum Gasteiger partial charge on any atom is -0.348 e. The summed E-state index contributed by atoms with van der Waals surface area (Å²) in [5, 5.41) is 8.46. The number of hydrogen-bond acceptors (Lipinski definition) is 3. The van der Waals surface area contributed by atoms with Crippen molar-refractivity contribution in [3.63, 3.8) is 0 Å². The topological polar surface area (TPSA) is 72.9 Å². The van der Waals surface area contributed by atoms with Gasteiger partial charge in [0.15, 0.2) is 0 Å². The maximum atomic E-state index is 13.0. The number of nitrogens with zero attached hydrogens (tertiary/aromatic N) is 2. The van der Waals surface area contributed by atoms with E-state index in [9.17, 15) is 4.79 Å². The minimum atomic E-state index is -0.0727. The number of carbonyl (C=O) groups excluding carboxylic acids is 1. The Hall–Kier alpha value is -1.85. The van der Waals surface area contributed by atoms with Crippen LogP contribution in [0.4, 0.5) is 0 Å². The summed E-state index contributed by atoms with van der Waals surface area (Å²) in [6.07, 6.45) is 6.03. The van der Waals surface area contributed by atoms with Crippen LogP contribution in [0.15, 0.2) is 24.3 Å². The number of nitrogens with two attached hydrogens (primary N) is 1. The van der Waals surface area contributed by atoms with Gasteiger partial charge in [0, 0.05) is 23.3 Å². The Labute approximate surface area is 166 Å². The van der Waals surface area contributed by atoms with Crippen molar-refractivity contribution in [1.29, 1.82) is 0 Å². The summed E-state index contributed by atoms with van der Waals surface area (Å²) in [4.78, 5) is 13.0. The first kappa shape index (κ1) is 19.9. The predicted octanol–water partition coefficient (Wildman–Crippen LogP) is 3.84. The van der Waals surface area contributed by atoms with Crippen molar-refractivity contribution in [2.45, 2.75) is 58.5 Å². The molecule has 2 aromatic rings. The van der Waals surface area contributed by atoms with E-state index in [1.54, 1.807) is 0 Å². The summed E-state index contributed by atoms with van der Waals surface area (Å²) >= 11 is 6.27. The molecule has 1 aliphatic carbocycles. The second-order valence-corrected chi connectivity index (χ2v) is 7.92. The number of hydrogen-bond donors (Lipinski definition) is 2. The average molecular weight is 389 g/mol.